The summed E-state index contributed by atoms with van der Waals surface area (Å²) in [5.74, 6) is -0.389. The Balaban J connectivity index is 1.63. The van der Waals surface area contributed by atoms with Crippen LogP contribution in [-0.2, 0) is 0 Å². The van der Waals surface area contributed by atoms with Gasteiger partial charge in [-0.3, -0.25) is 9.59 Å². The number of carbonyl (C=O) groups is 1. The summed E-state index contributed by atoms with van der Waals surface area (Å²) in [5, 5.41) is 11.6. The second-order valence-electron chi connectivity index (χ2n) is 7.76. The van der Waals surface area contributed by atoms with Crippen molar-refractivity contribution in [2.75, 3.05) is 13.1 Å². The molecule has 2 N–H and O–H groups in total. The molecule has 5 nitrogen and oxygen atoms in total. The van der Waals surface area contributed by atoms with Crippen LogP contribution in [0.1, 0.15) is 43.0 Å². The van der Waals surface area contributed by atoms with Crippen LogP contribution in [0.3, 0.4) is 0 Å². The minimum absolute atomic E-state index is 0.0174. The fraction of sp³-hybridized carbons (Fsp3) is 0.500. The molecule has 1 saturated carbocycles. The molecule has 138 valence electrons. The van der Waals surface area contributed by atoms with Crippen molar-refractivity contribution in [3.63, 3.8) is 0 Å². The zero-order valence-electron chi connectivity index (χ0n) is 14.8. The standard InChI is InChI=1S/C20H23FN2O3/c1-12-11-23(8-7-20(12,26)13-3-2-4-13)19(25)16-10-18(24)22-17-9-14(21)5-6-15(16)17/h5-6,9-10,12-13,26H,2-4,7-8,11H2,1H3,(H,22,24). The van der Waals surface area contributed by atoms with Crippen molar-refractivity contribution in [2.24, 2.45) is 11.8 Å². The molecule has 4 rings (SSSR count). The Kier molecular flexibility index (Phi) is 4.10. The first-order chi connectivity index (χ1) is 12.4. The first-order valence-electron chi connectivity index (χ1n) is 9.23. The van der Waals surface area contributed by atoms with Gasteiger partial charge >= 0.3 is 0 Å². The monoisotopic (exact) mass is 358 g/mol. The van der Waals surface area contributed by atoms with Gasteiger partial charge in [0.15, 0.2) is 0 Å². The van der Waals surface area contributed by atoms with E-state index in [1.807, 2.05) is 6.92 Å². The predicted octanol–water partition coefficient (Wildman–Crippen LogP) is 2.68. The second-order valence-corrected chi connectivity index (χ2v) is 7.76. The van der Waals surface area contributed by atoms with Gasteiger partial charge in [0.25, 0.3) is 5.91 Å². The number of halogens is 1. The minimum atomic E-state index is -0.700. The highest BCUT2D eigenvalue weighted by atomic mass is 19.1. The highest BCUT2D eigenvalue weighted by Gasteiger charge is 2.47. The van der Waals surface area contributed by atoms with Gasteiger partial charge < -0.3 is 15.0 Å². The summed E-state index contributed by atoms with van der Waals surface area (Å²) in [6.45, 7) is 2.91. The third-order valence-corrected chi connectivity index (χ3v) is 6.26. The number of nitrogens with zero attached hydrogens (tertiary/aromatic N) is 1. The zero-order chi connectivity index (χ0) is 18.5. The molecule has 1 aromatic heterocycles. The Hall–Kier alpha value is -2.21. The highest BCUT2D eigenvalue weighted by molar-refractivity contribution is 6.06. The number of aliphatic hydroxyl groups is 1. The Bertz CT molecular complexity index is 921. The lowest BCUT2D eigenvalue weighted by Crippen LogP contribution is -2.57. The maximum absolute atomic E-state index is 13.5. The first kappa shape index (κ1) is 17.2. The largest absolute Gasteiger partial charge is 0.389 e. The lowest BCUT2D eigenvalue weighted by molar-refractivity contribution is -0.122. The number of hydrogen-bond donors (Lipinski definition) is 2. The third-order valence-electron chi connectivity index (χ3n) is 6.26. The number of amides is 1. The van der Waals surface area contributed by atoms with Gasteiger partial charge in [0.05, 0.1) is 16.7 Å². The molecule has 0 radical (unpaired) electrons. The molecule has 1 aliphatic carbocycles. The Morgan fingerprint density at radius 3 is 2.77 bits per heavy atom. The number of fused-ring (bicyclic) bond motifs is 1. The van der Waals surface area contributed by atoms with E-state index < -0.39 is 17.0 Å². The number of benzene rings is 1. The van der Waals surface area contributed by atoms with Crippen molar-refractivity contribution in [2.45, 2.75) is 38.2 Å². The zero-order valence-corrected chi connectivity index (χ0v) is 14.8. The van der Waals surface area contributed by atoms with Crippen LogP contribution < -0.4 is 5.56 Å². The molecular formula is C20H23FN2O3. The fourth-order valence-electron chi connectivity index (χ4n) is 4.42. The molecule has 2 aromatic rings. The molecule has 0 bridgehead atoms. The molecule has 26 heavy (non-hydrogen) atoms. The first-order valence-corrected chi connectivity index (χ1v) is 9.23. The molecule has 1 saturated heterocycles. The number of piperidine rings is 1. The number of nitrogens with one attached hydrogen (secondary N) is 1. The fourth-order valence-corrected chi connectivity index (χ4v) is 4.42. The number of aromatic amines is 1. The summed E-state index contributed by atoms with van der Waals surface area (Å²) >= 11 is 0. The van der Waals surface area contributed by atoms with Crippen molar-refractivity contribution < 1.29 is 14.3 Å². The number of hydrogen-bond acceptors (Lipinski definition) is 3. The topological polar surface area (TPSA) is 73.4 Å². The number of aromatic nitrogens is 1. The van der Waals surface area contributed by atoms with Gasteiger partial charge in [0, 0.05) is 30.5 Å². The SMILES string of the molecule is CC1CN(C(=O)c2cc(=O)[nH]c3cc(F)ccc23)CCC1(O)C1CCC1. The van der Waals surface area contributed by atoms with E-state index in [2.05, 4.69) is 4.98 Å². The summed E-state index contributed by atoms with van der Waals surface area (Å²) < 4.78 is 13.5. The molecule has 1 aromatic carbocycles. The maximum Gasteiger partial charge on any atom is 0.254 e. The van der Waals surface area contributed by atoms with E-state index in [1.165, 1.54) is 24.3 Å². The number of pyridine rings is 1. The van der Waals surface area contributed by atoms with E-state index in [1.54, 1.807) is 4.90 Å². The molecule has 2 fully saturated rings. The Morgan fingerprint density at radius 2 is 2.12 bits per heavy atom. The third kappa shape index (κ3) is 2.72. The van der Waals surface area contributed by atoms with Gasteiger partial charge in [0.2, 0.25) is 5.56 Å². The molecule has 6 heteroatoms. The summed E-state index contributed by atoms with van der Waals surface area (Å²) in [7, 11) is 0. The van der Waals surface area contributed by atoms with E-state index in [0.29, 0.717) is 36.3 Å². The van der Waals surface area contributed by atoms with E-state index in [9.17, 15) is 19.1 Å². The van der Waals surface area contributed by atoms with Crippen molar-refractivity contribution in [1.29, 1.82) is 0 Å². The van der Waals surface area contributed by atoms with Crippen molar-refractivity contribution >= 4 is 16.8 Å². The molecule has 2 unspecified atom stereocenters. The summed E-state index contributed by atoms with van der Waals surface area (Å²) in [5.41, 5.74) is -0.529. The Labute approximate surface area is 150 Å². The number of H-pyrrole nitrogens is 1. The molecule has 2 heterocycles. The van der Waals surface area contributed by atoms with Crippen LogP contribution in [-0.4, -0.2) is 39.6 Å². The van der Waals surface area contributed by atoms with Gasteiger partial charge in [0.1, 0.15) is 5.82 Å². The summed E-state index contributed by atoms with van der Waals surface area (Å²) in [6.07, 6.45) is 3.83. The van der Waals surface area contributed by atoms with Crippen LogP contribution in [0.2, 0.25) is 0 Å². The van der Waals surface area contributed by atoms with Crippen LogP contribution in [0.15, 0.2) is 29.1 Å². The van der Waals surface area contributed by atoms with Crippen molar-refractivity contribution in [3.8, 4) is 0 Å². The highest BCUT2D eigenvalue weighted by Crippen LogP contribution is 2.44. The summed E-state index contributed by atoms with van der Waals surface area (Å²) in [4.78, 5) is 29.3. The quantitative estimate of drug-likeness (QED) is 0.867. The van der Waals surface area contributed by atoms with Crippen LogP contribution in [0.4, 0.5) is 4.39 Å². The van der Waals surface area contributed by atoms with E-state index in [-0.39, 0.29) is 17.4 Å². The Morgan fingerprint density at radius 1 is 1.35 bits per heavy atom. The molecular weight excluding hydrogens is 335 g/mol. The average molecular weight is 358 g/mol. The number of carbonyl (C=O) groups excluding carboxylic acids is 1. The van der Waals surface area contributed by atoms with Crippen LogP contribution in [0.25, 0.3) is 10.9 Å². The number of likely N-dealkylation sites (tertiary alicyclic amines) is 1. The molecule has 0 spiro atoms. The van der Waals surface area contributed by atoms with Gasteiger partial charge in [-0.15, -0.1) is 0 Å². The number of rotatable bonds is 2. The normalized spacial score (nSPS) is 26.7. The lowest BCUT2D eigenvalue weighted by Gasteiger charge is -2.50. The van der Waals surface area contributed by atoms with Gasteiger partial charge in [-0.05, 0) is 43.4 Å². The van der Waals surface area contributed by atoms with Crippen LogP contribution >= 0.6 is 0 Å². The van der Waals surface area contributed by atoms with E-state index in [0.717, 1.165) is 19.3 Å². The van der Waals surface area contributed by atoms with E-state index in [4.69, 9.17) is 0 Å². The van der Waals surface area contributed by atoms with Gasteiger partial charge in [-0.2, -0.15) is 0 Å². The van der Waals surface area contributed by atoms with Crippen molar-refractivity contribution in [1.82, 2.24) is 9.88 Å². The smallest absolute Gasteiger partial charge is 0.254 e. The second kappa shape index (κ2) is 6.20. The molecule has 2 atom stereocenters. The van der Waals surface area contributed by atoms with Gasteiger partial charge in [-0.1, -0.05) is 13.3 Å². The maximum atomic E-state index is 13.5. The van der Waals surface area contributed by atoms with Crippen LogP contribution in [0.5, 0.6) is 0 Å². The minimum Gasteiger partial charge on any atom is -0.389 e. The lowest BCUT2D eigenvalue weighted by atomic mass is 9.65. The predicted molar refractivity (Wildman–Crippen MR) is 96.5 cm³/mol. The van der Waals surface area contributed by atoms with Crippen molar-refractivity contribution in [3.05, 3.63) is 46.0 Å². The molecule has 2 aliphatic rings. The van der Waals surface area contributed by atoms with Crippen LogP contribution in [0, 0.1) is 17.7 Å². The van der Waals surface area contributed by atoms with Gasteiger partial charge in [-0.25, -0.2) is 4.39 Å². The molecule has 1 amide bonds. The molecule has 1 aliphatic heterocycles. The summed E-state index contributed by atoms with van der Waals surface area (Å²) in [6, 6.07) is 5.30. The van der Waals surface area contributed by atoms with E-state index >= 15 is 0 Å². The average Bonchev–Trinajstić information content (AvgIpc) is 2.54.